The van der Waals surface area contributed by atoms with Crippen molar-refractivity contribution in [2.24, 2.45) is 0 Å². The first-order valence-electron chi connectivity index (χ1n) is 13.2. The Morgan fingerprint density at radius 3 is 2.33 bits per heavy atom. The quantitative estimate of drug-likeness (QED) is 0.255. The number of hydrogen-bond donors (Lipinski definition) is 3. The molecule has 214 valence electrons. The van der Waals surface area contributed by atoms with Crippen molar-refractivity contribution >= 4 is 34.7 Å². The number of likely N-dealkylation sites (N-methyl/N-ethyl adjacent to an activating group) is 1. The molecule has 0 bridgehead atoms. The van der Waals surface area contributed by atoms with E-state index in [0.717, 1.165) is 37.4 Å². The number of para-hydroxylation sites is 2. The number of carbonyl (C=O) groups excluding carboxylic acids is 2. The summed E-state index contributed by atoms with van der Waals surface area (Å²) in [6, 6.07) is 14.7. The third-order valence-electron chi connectivity index (χ3n) is 5.72. The number of ether oxygens (including phenoxy) is 1. The van der Waals surface area contributed by atoms with Crippen molar-refractivity contribution in [2.45, 2.75) is 39.3 Å². The van der Waals surface area contributed by atoms with E-state index in [-0.39, 0.29) is 11.6 Å². The first-order chi connectivity index (χ1) is 19.0. The van der Waals surface area contributed by atoms with Crippen LogP contribution in [0.25, 0.3) is 0 Å². The first-order valence-corrected chi connectivity index (χ1v) is 14.1. The number of nitrogens with zero attached hydrogens (tertiary/aromatic N) is 3. The molecule has 10 heteroatoms. The van der Waals surface area contributed by atoms with Gasteiger partial charge in [0.25, 0.3) is 5.91 Å². The van der Waals surface area contributed by atoms with Crippen LogP contribution in [0.1, 0.15) is 41.7 Å². The minimum atomic E-state index is -0.636. The number of rotatable bonds is 13. The third-order valence-corrected chi connectivity index (χ3v) is 6.66. The molecule has 2 heterocycles. The minimum Gasteiger partial charge on any atom is -0.444 e. The molecular weight excluding hydrogens is 524 g/mol. The lowest BCUT2D eigenvalue weighted by atomic mass is 10.2. The summed E-state index contributed by atoms with van der Waals surface area (Å²) >= 11 is 1.75. The highest BCUT2D eigenvalue weighted by Gasteiger charge is 2.18. The van der Waals surface area contributed by atoms with E-state index >= 15 is 0 Å². The van der Waals surface area contributed by atoms with Gasteiger partial charge in [-0.05, 0) is 76.5 Å². The van der Waals surface area contributed by atoms with Crippen molar-refractivity contribution in [2.75, 3.05) is 44.4 Å². The van der Waals surface area contributed by atoms with Gasteiger partial charge in [0.1, 0.15) is 11.3 Å². The van der Waals surface area contributed by atoms with Gasteiger partial charge in [-0.2, -0.15) is 0 Å². The molecule has 0 fully saturated rings. The molecule has 0 aliphatic heterocycles. The van der Waals surface area contributed by atoms with Gasteiger partial charge in [0.2, 0.25) is 0 Å². The Bertz CT molecular complexity index is 1250. The van der Waals surface area contributed by atoms with E-state index in [1.807, 2.05) is 20.2 Å². The van der Waals surface area contributed by atoms with Crippen LogP contribution in [0.4, 0.5) is 16.2 Å². The van der Waals surface area contributed by atoms with E-state index in [4.69, 9.17) is 4.74 Å². The maximum atomic E-state index is 13.0. The molecule has 0 aliphatic carbocycles. The Balaban J connectivity index is 1.61. The van der Waals surface area contributed by atoms with Crippen LogP contribution in [-0.4, -0.2) is 66.1 Å². The van der Waals surface area contributed by atoms with Crippen LogP contribution < -0.4 is 16.0 Å². The second-order valence-corrected chi connectivity index (χ2v) is 11.6. The molecule has 0 spiro atoms. The van der Waals surface area contributed by atoms with Gasteiger partial charge in [0, 0.05) is 37.3 Å². The standard InChI is InChI=1S/C30H40N6O3S/c1-22(31-16-15-24-10-9-19-40-24)36(18-17-35(5)6)21-23-13-14-27(32-20-23)28(37)33-25-11-7-8-12-26(25)34-29(38)39-30(2,3)4/h7-14,19-20,31H,1,15-18,21H2,2-6H3,(H,33,37)(H,34,38). The van der Waals surface area contributed by atoms with Gasteiger partial charge in [-0.25, -0.2) is 4.79 Å². The molecule has 0 saturated heterocycles. The Morgan fingerprint density at radius 2 is 1.73 bits per heavy atom. The van der Waals surface area contributed by atoms with E-state index in [1.165, 1.54) is 4.88 Å². The van der Waals surface area contributed by atoms with Gasteiger partial charge < -0.3 is 25.2 Å². The molecule has 2 amide bonds. The van der Waals surface area contributed by atoms with Gasteiger partial charge in [-0.1, -0.05) is 30.8 Å². The van der Waals surface area contributed by atoms with Gasteiger partial charge in [-0.3, -0.25) is 15.1 Å². The van der Waals surface area contributed by atoms with Crippen molar-refractivity contribution in [1.29, 1.82) is 0 Å². The highest BCUT2D eigenvalue weighted by Crippen LogP contribution is 2.23. The van der Waals surface area contributed by atoms with Gasteiger partial charge in [0.15, 0.2) is 0 Å². The predicted molar refractivity (Wildman–Crippen MR) is 163 cm³/mol. The zero-order valence-corrected chi connectivity index (χ0v) is 24.8. The average molecular weight is 565 g/mol. The zero-order valence-electron chi connectivity index (χ0n) is 24.0. The molecule has 1 aromatic carbocycles. The molecule has 2 aromatic heterocycles. The number of carbonyl (C=O) groups is 2. The molecule has 0 aliphatic rings. The van der Waals surface area contributed by atoms with Crippen LogP contribution in [0.15, 0.2) is 72.5 Å². The maximum absolute atomic E-state index is 13.0. The zero-order chi connectivity index (χ0) is 29.1. The van der Waals surface area contributed by atoms with Crippen LogP contribution in [0.3, 0.4) is 0 Å². The molecular formula is C30H40N6O3S. The number of benzene rings is 1. The minimum absolute atomic E-state index is 0.267. The van der Waals surface area contributed by atoms with Crippen molar-refractivity contribution < 1.29 is 14.3 Å². The normalized spacial score (nSPS) is 11.2. The number of amides is 2. The van der Waals surface area contributed by atoms with E-state index in [2.05, 4.69) is 54.8 Å². The SMILES string of the molecule is C=C(NCCc1cccs1)N(CCN(C)C)Cc1ccc(C(=O)Nc2ccccc2NC(=O)OC(C)(C)C)nc1. The highest BCUT2D eigenvalue weighted by atomic mass is 32.1. The van der Waals surface area contributed by atoms with E-state index in [0.29, 0.717) is 17.9 Å². The third kappa shape index (κ3) is 10.3. The highest BCUT2D eigenvalue weighted by molar-refractivity contribution is 7.09. The van der Waals surface area contributed by atoms with Crippen molar-refractivity contribution in [3.63, 3.8) is 0 Å². The average Bonchev–Trinajstić information content (AvgIpc) is 3.40. The second-order valence-electron chi connectivity index (χ2n) is 10.6. The van der Waals surface area contributed by atoms with Gasteiger partial charge in [-0.15, -0.1) is 11.3 Å². The lowest BCUT2D eigenvalue weighted by Crippen LogP contribution is -2.36. The lowest BCUT2D eigenvalue weighted by molar-refractivity contribution is 0.0635. The Hall–Kier alpha value is -3.89. The Kier molecular flexibility index (Phi) is 11.1. The number of hydrogen-bond acceptors (Lipinski definition) is 8. The molecule has 40 heavy (non-hydrogen) atoms. The Morgan fingerprint density at radius 1 is 1.00 bits per heavy atom. The van der Waals surface area contributed by atoms with Crippen molar-refractivity contribution in [3.05, 3.63) is 88.6 Å². The van der Waals surface area contributed by atoms with Crippen molar-refractivity contribution in [3.8, 4) is 0 Å². The number of nitrogens with one attached hydrogen (secondary N) is 3. The summed E-state index contributed by atoms with van der Waals surface area (Å²) in [4.78, 5) is 35.2. The number of anilines is 2. The summed E-state index contributed by atoms with van der Waals surface area (Å²) in [7, 11) is 4.09. The molecule has 3 N–H and O–H groups in total. The first kappa shape index (κ1) is 30.6. The van der Waals surface area contributed by atoms with Crippen LogP contribution in [0, 0.1) is 0 Å². The largest absolute Gasteiger partial charge is 0.444 e. The van der Waals surface area contributed by atoms with Crippen LogP contribution in [-0.2, 0) is 17.7 Å². The lowest BCUT2D eigenvalue weighted by Gasteiger charge is -2.29. The van der Waals surface area contributed by atoms with Crippen LogP contribution in [0.2, 0.25) is 0 Å². The molecule has 9 nitrogen and oxygen atoms in total. The fourth-order valence-electron chi connectivity index (χ4n) is 3.70. The van der Waals surface area contributed by atoms with Gasteiger partial charge >= 0.3 is 6.09 Å². The smallest absolute Gasteiger partial charge is 0.412 e. The fraction of sp³-hybridized carbons (Fsp3) is 0.367. The predicted octanol–water partition coefficient (Wildman–Crippen LogP) is 5.41. The molecule has 0 saturated carbocycles. The van der Waals surface area contributed by atoms with Crippen LogP contribution >= 0.6 is 11.3 Å². The van der Waals surface area contributed by atoms with Crippen LogP contribution in [0.5, 0.6) is 0 Å². The number of thiophene rings is 1. The summed E-state index contributed by atoms with van der Waals surface area (Å²) in [5, 5.41) is 11.1. The topological polar surface area (TPSA) is 98.8 Å². The molecule has 0 radical (unpaired) electrons. The van der Waals surface area contributed by atoms with Crippen molar-refractivity contribution in [1.82, 2.24) is 20.1 Å². The molecule has 0 unspecified atom stereocenters. The summed E-state index contributed by atoms with van der Waals surface area (Å²) < 4.78 is 5.32. The monoisotopic (exact) mass is 564 g/mol. The van der Waals surface area contributed by atoms with E-state index < -0.39 is 11.7 Å². The fourth-order valence-corrected chi connectivity index (χ4v) is 4.41. The molecule has 0 atom stereocenters. The van der Waals surface area contributed by atoms with E-state index in [1.54, 1.807) is 68.6 Å². The summed E-state index contributed by atoms with van der Waals surface area (Å²) in [6.45, 7) is 12.7. The summed E-state index contributed by atoms with van der Waals surface area (Å²) in [6.07, 6.45) is 2.06. The van der Waals surface area contributed by atoms with E-state index in [9.17, 15) is 9.59 Å². The maximum Gasteiger partial charge on any atom is 0.412 e. The Labute approximate surface area is 241 Å². The van der Waals surface area contributed by atoms with Gasteiger partial charge in [0.05, 0.1) is 17.2 Å². The summed E-state index contributed by atoms with van der Waals surface area (Å²) in [5.41, 5.74) is 1.47. The molecule has 3 rings (SSSR count). The molecule has 3 aromatic rings. The summed E-state index contributed by atoms with van der Waals surface area (Å²) in [5.74, 6) is 0.475. The number of aromatic nitrogens is 1. The number of pyridine rings is 1. The second kappa shape index (κ2) is 14.5.